The maximum Gasteiger partial charge on any atom is 0.222 e. The van der Waals surface area contributed by atoms with E-state index >= 15 is 0 Å². The summed E-state index contributed by atoms with van der Waals surface area (Å²) in [7, 11) is 0. The van der Waals surface area contributed by atoms with Gasteiger partial charge in [0.2, 0.25) is 5.91 Å². The summed E-state index contributed by atoms with van der Waals surface area (Å²) in [5, 5.41) is 6.49. The van der Waals surface area contributed by atoms with E-state index in [1.54, 1.807) is 0 Å². The molecule has 0 aliphatic carbocycles. The molecule has 0 spiro atoms. The number of ether oxygens (including phenoxy) is 1. The lowest BCUT2D eigenvalue weighted by atomic mass is 9.99. The molecule has 0 saturated carbocycles. The number of rotatable bonds is 3. The lowest BCUT2D eigenvalue weighted by Gasteiger charge is -2.27. The summed E-state index contributed by atoms with van der Waals surface area (Å²) < 4.78 is 5.32. The summed E-state index contributed by atoms with van der Waals surface area (Å²) in [6, 6.07) is 0.375. The Morgan fingerprint density at radius 3 is 3.06 bits per heavy atom. The van der Waals surface area contributed by atoms with Crippen LogP contribution in [0.2, 0.25) is 0 Å². The van der Waals surface area contributed by atoms with Crippen LogP contribution in [0.5, 0.6) is 0 Å². The molecular weight excluding hydrogens is 204 g/mol. The Balaban J connectivity index is 1.74. The molecule has 0 aromatic heterocycles. The van der Waals surface area contributed by atoms with Gasteiger partial charge in [0.15, 0.2) is 0 Å². The van der Waals surface area contributed by atoms with Crippen molar-refractivity contribution in [1.29, 1.82) is 0 Å². The van der Waals surface area contributed by atoms with Gasteiger partial charge in [-0.05, 0) is 32.7 Å². The van der Waals surface area contributed by atoms with Gasteiger partial charge in [0, 0.05) is 19.1 Å². The van der Waals surface area contributed by atoms with E-state index in [-0.39, 0.29) is 11.4 Å². The van der Waals surface area contributed by atoms with Crippen molar-refractivity contribution in [2.75, 3.05) is 19.8 Å². The SMILES string of the molecule is CC1(NC(=O)CC2CCCCN2)CCOC1. The van der Waals surface area contributed by atoms with Crippen molar-refractivity contribution in [2.24, 2.45) is 0 Å². The van der Waals surface area contributed by atoms with Gasteiger partial charge in [-0.15, -0.1) is 0 Å². The maximum atomic E-state index is 11.9. The minimum Gasteiger partial charge on any atom is -0.379 e. The smallest absolute Gasteiger partial charge is 0.222 e. The molecule has 2 atom stereocenters. The fourth-order valence-electron chi connectivity index (χ4n) is 2.48. The number of carbonyl (C=O) groups is 1. The molecule has 2 rings (SSSR count). The molecule has 2 aliphatic rings. The van der Waals surface area contributed by atoms with Crippen LogP contribution in [-0.4, -0.2) is 37.2 Å². The van der Waals surface area contributed by atoms with Crippen LogP contribution in [0.25, 0.3) is 0 Å². The summed E-state index contributed by atoms with van der Waals surface area (Å²) in [6.45, 7) is 4.53. The van der Waals surface area contributed by atoms with Crippen LogP contribution in [0, 0.1) is 0 Å². The summed E-state index contributed by atoms with van der Waals surface area (Å²) >= 11 is 0. The first-order valence-corrected chi connectivity index (χ1v) is 6.30. The molecule has 1 amide bonds. The summed E-state index contributed by atoms with van der Waals surface area (Å²) in [5.41, 5.74) is -0.133. The third-order valence-corrected chi connectivity index (χ3v) is 3.50. The Labute approximate surface area is 97.1 Å². The molecular formula is C12H22N2O2. The first-order chi connectivity index (χ1) is 7.68. The van der Waals surface area contributed by atoms with E-state index < -0.39 is 0 Å². The highest BCUT2D eigenvalue weighted by Gasteiger charge is 2.31. The third-order valence-electron chi connectivity index (χ3n) is 3.50. The monoisotopic (exact) mass is 226 g/mol. The Kier molecular flexibility index (Phi) is 3.82. The minimum atomic E-state index is -0.133. The highest BCUT2D eigenvalue weighted by Crippen LogP contribution is 2.18. The van der Waals surface area contributed by atoms with E-state index in [2.05, 4.69) is 17.6 Å². The first kappa shape index (κ1) is 11.9. The number of nitrogens with one attached hydrogen (secondary N) is 2. The molecule has 92 valence electrons. The highest BCUT2D eigenvalue weighted by atomic mass is 16.5. The van der Waals surface area contributed by atoms with Gasteiger partial charge in [0.05, 0.1) is 12.1 Å². The normalized spacial score (nSPS) is 34.9. The Bertz CT molecular complexity index is 243. The summed E-state index contributed by atoms with van der Waals surface area (Å²) in [4.78, 5) is 11.9. The Morgan fingerprint density at radius 1 is 1.56 bits per heavy atom. The van der Waals surface area contributed by atoms with Crippen LogP contribution in [0.4, 0.5) is 0 Å². The van der Waals surface area contributed by atoms with Crippen molar-refractivity contribution in [2.45, 2.75) is 50.6 Å². The molecule has 4 nitrogen and oxygen atoms in total. The second-order valence-electron chi connectivity index (χ2n) is 5.26. The lowest BCUT2D eigenvalue weighted by Crippen LogP contribution is -2.48. The zero-order valence-electron chi connectivity index (χ0n) is 10.1. The zero-order valence-corrected chi connectivity index (χ0v) is 10.1. The van der Waals surface area contributed by atoms with Crippen molar-refractivity contribution < 1.29 is 9.53 Å². The van der Waals surface area contributed by atoms with E-state index in [0.717, 1.165) is 26.0 Å². The Morgan fingerprint density at radius 2 is 2.44 bits per heavy atom. The summed E-state index contributed by atoms with van der Waals surface area (Å²) in [6.07, 6.45) is 5.14. The van der Waals surface area contributed by atoms with Crippen LogP contribution in [-0.2, 0) is 9.53 Å². The van der Waals surface area contributed by atoms with Crippen molar-refractivity contribution in [3.8, 4) is 0 Å². The molecule has 0 radical (unpaired) electrons. The molecule has 0 aromatic rings. The van der Waals surface area contributed by atoms with E-state index in [4.69, 9.17) is 4.74 Å². The van der Waals surface area contributed by atoms with Crippen LogP contribution in [0.15, 0.2) is 0 Å². The molecule has 4 heteroatoms. The largest absolute Gasteiger partial charge is 0.379 e. The molecule has 0 bridgehead atoms. The minimum absolute atomic E-state index is 0.133. The maximum absolute atomic E-state index is 11.9. The van der Waals surface area contributed by atoms with Gasteiger partial charge in [-0.2, -0.15) is 0 Å². The number of amides is 1. The second kappa shape index (κ2) is 5.15. The quantitative estimate of drug-likeness (QED) is 0.749. The fourth-order valence-corrected chi connectivity index (χ4v) is 2.48. The van der Waals surface area contributed by atoms with Crippen molar-refractivity contribution in [1.82, 2.24) is 10.6 Å². The molecule has 2 unspecified atom stereocenters. The standard InChI is InChI=1S/C12H22N2O2/c1-12(5-7-16-9-12)14-11(15)8-10-4-2-3-6-13-10/h10,13H,2-9H2,1H3,(H,14,15). The van der Waals surface area contributed by atoms with E-state index in [1.165, 1.54) is 12.8 Å². The molecule has 2 fully saturated rings. The van der Waals surface area contributed by atoms with Gasteiger partial charge >= 0.3 is 0 Å². The lowest BCUT2D eigenvalue weighted by molar-refractivity contribution is -0.123. The summed E-state index contributed by atoms with van der Waals surface area (Å²) in [5.74, 6) is 0.160. The van der Waals surface area contributed by atoms with Gasteiger partial charge in [0.25, 0.3) is 0 Å². The van der Waals surface area contributed by atoms with Crippen molar-refractivity contribution >= 4 is 5.91 Å². The van der Waals surface area contributed by atoms with Gasteiger partial charge in [-0.25, -0.2) is 0 Å². The predicted octanol–water partition coefficient (Wildman–Crippen LogP) is 0.814. The van der Waals surface area contributed by atoms with Gasteiger partial charge < -0.3 is 15.4 Å². The number of hydrogen-bond acceptors (Lipinski definition) is 3. The fraction of sp³-hybridized carbons (Fsp3) is 0.917. The van der Waals surface area contributed by atoms with Crippen molar-refractivity contribution in [3.05, 3.63) is 0 Å². The zero-order chi connectivity index (χ0) is 11.4. The van der Waals surface area contributed by atoms with Crippen LogP contribution >= 0.6 is 0 Å². The third kappa shape index (κ3) is 3.19. The topological polar surface area (TPSA) is 50.4 Å². The second-order valence-corrected chi connectivity index (χ2v) is 5.26. The number of carbonyl (C=O) groups excluding carboxylic acids is 1. The molecule has 16 heavy (non-hydrogen) atoms. The van der Waals surface area contributed by atoms with Crippen molar-refractivity contribution in [3.63, 3.8) is 0 Å². The average molecular weight is 226 g/mol. The molecule has 2 aliphatic heterocycles. The van der Waals surface area contributed by atoms with E-state index in [1.807, 2.05) is 0 Å². The van der Waals surface area contributed by atoms with Crippen LogP contribution < -0.4 is 10.6 Å². The highest BCUT2D eigenvalue weighted by molar-refractivity contribution is 5.77. The van der Waals surface area contributed by atoms with Crippen LogP contribution in [0.3, 0.4) is 0 Å². The molecule has 2 saturated heterocycles. The van der Waals surface area contributed by atoms with Gasteiger partial charge in [-0.1, -0.05) is 6.42 Å². The number of piperidine rings is 1. The van der Waals surface area contributed by atoms with Crippen LogP contribution in [0.1, 0.15) is 39.0 Å². The molecule has 2 heterocycles. The number of hydrogen-bond donors (Lipinski definition) is 2. The van der Waals surface area contributed by atoms with E-state index in [0.29, 0.717) is 19.1 Å². The van der Waals surface area contributed by atoms with Gasteiger partial charge in [-0.3, -0.25) is 4.79 Å². The predicted molar refractivity (Wildman–Crippen MR) is 62.2 cm³/mol. The Hall–Kier alpha value is -0.610. The average Bonchev–Trinajstić information content (AvgIpc) is 2.66. The first-order valence-electron chi connectivity index (χ1n) is 6.30. The molecule has 2 N–H and O–H groups in total. The van der Waals surface area contributed by atoms with E-state index in [9.17, 15) is 4.79 Å². The molecule has 0 aromatic carbocycles. The van der Waals surface area contributed by atoms with Gasteiger partial charge in [0.1, 0.15) is 0 Å².